The van der Waals surface area contributed by atoms with Crippen molar-refractivity contribution in [2.75, 3.05) is 11.9 Å². The lowest BCUT2D eigenvalue weighted by Gasteiger charge is -2.20. The molecule has 0 bridgehead atoms. The summed E-state index contributed by atoms with van der Waals surface area (Å²) in [6, 6.07) is 10.4. The van der Waals surface area contributed by atoms with Crippen LogP contribution in [0, 0.1) is 18.6 Å². The normalized spacial score (nSPS) is 11.8. The molecule has 0 aliphatic carbocycles. The Bertz CT molecular complexity index is 1330. The summed E-state index contributed by atoms with van der Waals surface area (Å²) in [4.78, 5) is 25.2. The summed E-state index contributed by atoms with van der Waals surface area (Å²) in [7, 11) is 0. The third-order valence-corrected chi connectivity index (χ3v) is 5.37. The minimum atomic E-state index is -5.84. The maximum atomic E-state index is 13.9. The van der Waals surface area contributed by atoms with Crippen LogP contribution in [0.15, 0.2) is 54.6 Å². The highest BCUT2D eigenvalue weighted by molar-refractivity contribution is 6.35. The highest BCUT2D eigenvalue weighted by Crippen LogP contribution is 2.34. The second-order valence-electron chi connectivity index (χ2n) is 7.69. The third-order valence-electron chi connectivity index (χ3n) is 5.05. The largest absolute Gasteiger partial charge is 0.455 e. The summed E-state index contributed by atoms with van der Waals surface area (Å²) in [6.45, 7) is -0.449. The van der Waals surface area contributed by atoms with Gasteiger partial charge < -0.3 is 10.6 Å². The van der Waals surface area contributed by atoms with E-state index < -0.39 is 42.0 Å². The molecule has 0 saturated carbocycles. The zero-order chi connectivity index (χ0) is 26.8. The molecule has 190 valence electrons. The van der Waals surface area contributed by atoms with Crippen molar-refractivity contribution in [3.8, 4) is 0 Å². The van der Waals surface area contributed by atoms with E-state index in [1.807, 2.05) is 0 Å². The number of benzene rings is 3. The molecule has 0 radical (unpaired) electrons. The molecule has 3 aromatic rings. The minimum Gasteiger partial charge on any atom is -0.353 e. The van der Waals surface area contributed by atoms with Gasteiger partial charge in [-0.3, -0.25) is 9.59 Å². The van der Waals surface area contributed by atoms with E-state index in [1.165, 1.54) is 48.6 Å². The predicted octanol–water partition coefficient (Wildman–Crippen LogP) is 6.83. The van der Waals surface area contributed by atoms with Crippen molar-refractivity contribution in [3.63, 3.8) is 0 Å². The topological polar surface area (TPSA) is 58.2 Å². The van der Waals surface area contributed by atoms with Crippen molar-refractivity contribution in [2.24, 2.45) is 0 Å². The minimum absolute atomic E-state index is 0.0222. The van der Waals surface area contributed by atoms with Gasteiger partial charge in [0.25, 0.3) is 5.91 Å². The van der Waals surface area contributed by atoms with Crippen molar-refractivity contribution in [1.82, 2.24) is 5.32 Å². The number of hydrogen-bond donors (Lipinski definition) is 2. The summed E-state index contributed by atoms with van der Waals surface area (Å²) < 4.78 is 90.1. The van der Waals surface area contributed by atoms with E-state index in [-0.39, 0.29) is 33.1 Å². The fourth-order valence-corrected chi connectivity index (χ4v) is 3.34. The molecule has 1 amide bonds. The van der Waals surface area contributed by atoms with Gasteiger partial charge in [0.2, 0.25) is 0 Å². The van der Waals surface area contributed by atoms with Gasteiger partial charge in [-0.15, -0.1) is 0 Å². The van der Waals surface area contributed by atoms with Crippen LogP contribution in [0.1, 0.15) is 31.8 Å². The Labute approximate surface area is 205 Å². The maximum Gasteiger partial charge on any atom is 0.455 e. The molecule has 12 heteroatoms. The Morgan fingerprint density at radius 3 is 2.19 bits per heavy atom. The smallest absolute Gasteiger partial charge is 0.353 e. The van der Waals surface area contributed by atoms with Gasteiger partial charge in [0.1, 0.15) is 11.6 Å². The number of carbonyl (C=O) groups is 2. The van der Waals surface area contributed by atoms with Crippen LogP contribution in [-0.4, -0.2) is 30.3 Å². The first-order valence-electron chi connectivity index (χ1n) is 10.1. The van der Waals surface area contributed by atoms with Gasteiger partial charge in [-0.1, -0.05) is 17.7 Å². The van der Waals surface area contributed by atoms with Crippen LogP contribution in [0.25, 0.3) is 0 Å². The number of ketones is 1. The SMILES string of the molecule is Cc1ccc(C(=O)NCC(F)(F)C(F)(F)F)cc1C(=O)c1ccc(Nc2ccc(F)cc2F)cc1Cl. The van der Waals surface area contributed by atoms with E-state index in [0.29, 0.717) is 11.6 Å². The molecule has 0 heterocycles. The number of amides is 1. The summed E-state index contributed by atoms with van der Waals surface area (Å²) in [5, 5.41) is 4.14. The summed E-state index contributed by atoms with van der Waals surface area (Å²) in [5.74, 6) is -8.65. The second kappa shape index (κ2) is 10.2. The average Bonchev–Trinajstić information content (AvgIpc) is 2.78. The molecule has 0 atom stereocenters. The Balaban J connectivity index is 1.81. The Kier molecular flexibility index (Phi) is 7.63. The Morgan fingerprint density at radius 2 is 1.58 bits per heavy atom. The zero-order valence-electron chi connectivity index (χ0n) is 18.2. The lowest BCUT2D eigenvalue weighted by atomic mass is 9.96. The van der Waals surface area contributed by atoms with Gasteiger partial charge in [-0.2, -0.15) is 22.0 Å². The fourth-order valence-electron chi connectivity index (χ4n) is 3.07. The Morgan fingerprint density at radius 1 is 0.889 bits per heavy atom. The first-order chi connectivity index (χ1) is 16.7. The number of carbonyl (C=O) groups excluding carboxylic acids is 2. The number of hydrogen-bond acceptors (Lipinski definition) is 3. The van der Waals surface area contributed by atoms with Gasteiger partial charge in [0.05, 0.1) is 17.3 Å². The molecule has 0 aliphatic heterocycles. The molecule has 0 unspecified atom stereocenters. The van der Waals surface area contributed by atoms with Gasteiger partial charge in [-0.25, -0.2) is 8.78 Å². The highest BCUT2D eigenvalue weighted by atomic mass is 35.5. The highest BCUT2D eigenvalue weighted by Gasteiger charge is 2.57. The fraction of sp³-hybridized carbons (Fsp3) is 0.167. The zero-order valence-corrected chi connectivity index (χ0v) is 19.0. The van der Waals surface area contributed by atoms with Crippen LogP contribution in [0.2, 0.25) is 5.02 Å². The number of aryl methyl sites for hydroxylation is 1. The molecule has 0 spiro atoms. The quantitative estimate of drug-likeness (QED) is 0.259. The predicted molar refractivity (Wildman–Crippen MR) is 119 cm³/mol. The molecular weight excluding hydrogens is 517 g/mol. The van der Waals surface area contributed by atoms with E-state index in [9.17, 15) is 40.3 Å². The van der Waals surface area contributed by atoms with E-state index >= 15 is 0 Å². The van der Waals surface area contributed by atoms with Gasteiger partial charge in [0.15, 0.2) is 5.78 Å². The molecule has 4 nitrogen and oxygen atoms in total. The summed E-state index contributed by atoms with van der Waals surface area (Å²) >= 11 is 6.22. The van der Waals surface area contributed by atoms with Crippen molar-refractivity contribution in [1.29, 1.82) is 0 Å². The number of nitrogens with one attached hydrogen (secondary N) is 2. The second-order valence-corrected chi connectivity index (χ2v) is 8.09. The molecule has 0 aliphatic rings. The third kappa shape index (κ3) is 5.96. The van der Waals surface area contributed by atoms with Crippen LogP contribution in [0.4, 0.5) is 42.1 Å². The van der Waals surface area contributed by atoms with Crippen molar-refractivity contribution < 1.29 is 40.3 Å². The van der Waals surface area contributed by atoms with Gasteiger partial charge >= 0.3 is 12.1 Å². The average molecular weight is 533 g/mol. The van der Waals surface area contributed by atoms with Crippen LogP contribution in [-0.2, 0) is 0 Å². The number of alkyl halides is 5. The van der Waals surface area contributed by atoms with E-state index in [0.717, 1.165) is 12.1 Å². The number of halogens is 8. The number of anilines is 2. The number of rotatable bonds is 7. The van der Waals surface area contributed by atoms with Gasteiger partial charge in [-0.05, 0) is 55.0 Å². The monoisotopic (exact) mass is 532 g/mol. The summed E-state index contributed by atoms with van der Waals surface area (Å²) in [6.07, 6.45) is -5.84. The Hall–Kier alpha value is -3.60. The van der Waals surface area contributed by atoms with Crippen LogP contribution < -0.4 is 10.6 Å². The van der Waals surface area contributed by atoms with Crippen LogP contribution in [0.3, 0.4) is 0 Å². The lowest BCUT2D eigenvalue weighted by Crippen LogP contribution is -2.46. The first-order valence-corrected chi connectivity index (χ1v) is 10.5. The van der Waals surface area contributed by atoms with E-state index in [4.69, 9.17) is 11.6 Å². The van der Waals surface area contributed by atoms with Crippen LogP contribution >= 0.6 is 11.6 Å². The maximum absolute atomic E-state index is 13.9. The van der Waals surface area contributed by atoms with Crippen molar-refractivity contribution in [2.45, 2.75) is 19.0 Å². The molecular formula is C24H16ClF7N2O2. The van der Waals surface area contributed by atoms with E-state index in [1.54, 1.807) is 0 Å². The van der Waals surface area contributed by atoms with Crippen molar-refractivity contribution in [3.05, 3.63) is 93.5 Å². The molecule has 0 fully saturated rings. The van der Waals surface area contributed by atoms with Crippen molar-refractivity contribution >= 4 is 34.7 Å². The summed E-state index contributed by atoms with van der Waals surface area (Å²) in [5.41, 5.74) is 0.227. The standard InChI is InChI=1S/C24H16ClF7N2O2/c1-12-2-3-13(22(36)33-11-23(28,29)24(30,31)32)8-17(12)21(35)16-6-5-15(10-18(16)25)34-20-7-4-14(26)9-19(20)27/h2-10,34H,11H2,1H3,(H,33,36). The first kappa shape index (κ1) is 27.0. The lowest BCUT2D eigenvalue weighted by molar-refractivity contribution is -0.278. The molecule has 3 aromatic carbocycles. The molecule has 0 saturated heterocycles. The molecule has 2 N–H and O–H groups in total. The molecule has 3 rings (SSSR count). The van der Waals surface area contributed by atoms with Crippen LogP contribution in [0.5, 0.6) is 0 Å². The molecule has 0 aromatic heterocycles. The van der Waals surface area contributed by atoms with E-state index in [2.05, 4.69) is 5.32 Å². The molecule has 36 heavy (non-hydrogen) atoms. The van der Waals surface area contributed by atoms with Gasteiger partial charge in [0, 0.05) is 28.4 Å².